The lowest BCUT2D eigenvalue weighted by Crippen LogP contribution is -2.08. The summed E-state index contributed by atoms with van der Waals surface area (Å²) in [5, 5.41) is 3.30. The highest BCUT2D eigenvalue weighted by Gasteiger charge is 2.11. The van der Waals surface area contributed by atoms with Crippen molar-refractivity contribution in [3.8, 4) is 5.75 Å². The van der Waals surface area contributed by atoms with Gasteiger partial charge in [0, 0.05) is 22.2 Å². The van der Waals surface area contributed by atoms with Gasteiger partial charge in [-0.3, -0.25) is 0 Å². The van der Waals surface area contributed by atoms with Crippen LogP contribution >= 0.6 is 11.8 Å². The van der Waals surface area contributed by atoms with Gasteiger partial charge in [0.2, 0.25) is 0 Å². The van der Waals surface area contributed by atoms with Crippen molar-refractivity contribution in [1.82, 2.24) is 0 Å². The van der Waals surface area contributed by atoms with E-state index in [4.69, 9.17) is 4.74 Å². The maximum absolute atomic E-state index is 14.0. The molecule has 2 aromatic carbocycles. The van der Waals surface area contributed by atoms with E-state index in [1.54, 1.807) is 23.9 Å². The summed E-state index contributed by atoms with van der Waals surface area (Å²) >= 11 is 1.70. The average Bonchev–Trinajstić information content (AvgIpc) is 2.47. The van der Waals surface area contributed by atoms with Crippen LogP contribution in [0.4, 0.5) is 10.1 Å². The summed E-state index contributed by atoms with van der Waals surface area (Å²) in [5.41, 5.74) is 1.60. The molecule has 0 aliphatic rings. The van der Waals surface area contributed by atoms with Crippen LogP contribution in [0.2, 0.25) is 0 Å². The first-order valence-corrected chi connectivity index (χ1v) is 7.60. The zero-order chi connectivity index (χ0) is 14.5. The third-order valence-electron chi connectivity index (χ3n) is 3.15. The Morgan fingerprint density at radius 2 is 1.85 bits per heavy atom. The van der Waals surface area contributed by atoms with E-state index in [0.717, 1.165) is 5.69 Å². The molecule has 0 spiro atoms. The molecule has 0 saturated heterocycles. The summed E-state index contributed by atoms with van der Waals surface area (Å²) in [7, 11) is 1.53. The lowest BCUT2D eigenvalue weighted by molar-refractivity contribution is 0.410. The van der Waals surface area contributed by atoms with E-state index < -0.39 is 0 Å². The van der Waals surface area contributed by atoms with Gasteiger partial charge in [0.25, 0.3) is 0 Å². The molecular formula is C16H18FNOS. The first-order valence-electron chi connectivity index (χ1n) is 6.38. The molecule has 0 aromatic heterocycles. The largest absolute Gasteiger partial charge is 0.497 e. The van der Waals surface area contributed by atoms with Gasteiger partial charge in [-0.05, 0) is 43.5 Å². The van der Waals surface area contributed by atoms with E-state index in [-0.39, 0.29) is 11.9 Å². The van der Waals surface area contributed by atoms with E-state index in [1.807, 2.05) is 37.4 Å². The molecule has 0 radical (unpaired) electrons. The number of nitrogens with one attached hydrogen (secondary N) is 1. The van der Waals surface area contributed by atoms with Gasteiger partial charge in [0.15, 0.2) is 0 Å². The summed E-state index contributed by atoms with van der Waals surface area (Å²) < 4.78 is 19.0. The topological polar surface area (TPSA) is 21.3 Å². The Kier molecular flexibility index (Phi) is 4.90. The van der Waals surface area contributed by atoms with Crippen LogP contribution in [0.3, 0.4) is 0 Å². The van der Waals surface area contributed by atoms with E-state index in [1.165, 1.54) is 18.1 Å². The molecule has 1 unspecified atom stereocenters. The third-order valence-corrected chi connectivity index (χ3v) is 3.89. The number of thioether (sulfide) groups is 1. The predicted molar refractivity (Wildman–Crippen MR) is 83.2 cm³/mol. The number of methoxy groups -OCH3 is 1. The van der Waals surface area contributed by atoms with Crippen LogP contribution in [0.25, 0.3) is 0 Å². The summed E-state index contributed by atoms with van der Waals surface area (Å²) in [5.74, 6) is 0.271. The van der Waals surface area contributed by atoms with E-state index in [2.05, 4.69) is 5.32 Å². The van der Waals surface area contributed by atoms with Crippen molar-refractivity contribution in [3.05, 3.63) is 53.8 Å². The molecule has 1 atom stereocenters. The number of ether oxygens (including phenoxy) is 1. The molecule has 0 saturated carbocycles. The zero-order valence-electron chi connectivity index (χ0n) is 11.8. The highest BCUT2D eigenvalue weighted by atomic mass is 32.2. The summed E-state index contributed by atoms with van der Waals surface area (Å²) in [6, 6.07) is 12.9. The number of benzene rings is 2. The van der Waals surface area contributed by atoms with Gasteiger partial charge >= 0.3 is 0 Å². The minimum Gasteiger partial charge on any atom is -0.497 e. The second-order valence-electron chi connectivity index (χ2n) is 4.48. The maximum Gasteiger partial charge on any atom is 0.132 e. The molecule has 4 heteroatoms. The fourth-order valence-corrected chi connectivity index (χ4v) is 2.41. The van der Waals surface area contributed by atoms with Gasteiger partial charge in [0.1, 0.15) is 11.6 Å². The van der Waals surface area contributed by atoms with Gasteiger partial charge in [-0.1, -0.05) is 6.07 Å². The van der Waals surface area contributed by atoms with Crippen LogP contribution in [-0.4, -0.2) is 13.4 Å². The Bertz CT molecular complexity index is 571. The molecule has 0 bridgehead atoms. The molecular weight excluding hydrogens is 273 g/mol. The van der Waals surface area contributed by atoms with Crippen LogP contribution in [0.5, 0.6) is 5.75 Å². The number of hydrogen-bond acceptors (Lipinski definition) is 3. The zero-order valence-corrected chi connectivity index (χ0v) is 12.6. The molecule has 0 amide bonds. The Morgan fingerprint density at radius 3 is 2.40 bits per heavy atom. The third kappa shape index (κ3) is 3.45. The van der Waals surface area contributed by atoms with Gasteiger partial charge in [-0.25, -0.2) is 4.39 Å². The van der Waals surface area contributed by atoms with Gasteiger partial charge in [0.05, 0.1) is 13.2 Å². The molecule has 0 aliphatic heterocycles. The lowest BCUT2D eigenvalue weighted by atomic mass is 10.1. The smallest absolute Gasteiger partial charge is 0.132 e. The fourth-order valence-electron chi connectivity index (χ4n) is 2.00. The van der Waals surface area contributed by atoms with Crippen molar-refractivity contribution in [2.24, 2.45) is 0 Å². The van der Waals surface area contributed by atoms with Crippen molar-refractivity contribution in [2.45, 2.75) is 17.9 Å². The van der Waals surface area contributed by atoms with Crippen LogP contribution in [-0.2, 0) is 0 Å². The van der Waals surface area contributed by atoms with Gasteiger partial charge < -0.3 is 10.1 Å². The SMILES string of the molecule is COc1ccc(C(C)Nc2ccc(SC)cc2)c(F)c1. The van der Waals surface area contributed by atoms with Gasteiger partial charge in [-0.2, -0.15) is 0 Å². The van der Waals surface area contributed by atoms with Crippen molar-refractivity contribution in [3.63, 3.8) is 0 Å². The summed E-state index contributed by atoms with van der Waals surface area (Å²) in [6.07, 6.45) is 2.04. The second kappa shape index (κ2) is 6.66. The van der Waals surface area contributed by atoms with Crippen LogP contribution in [0.15, 0.2) is 47.4 Å². The Hall–Kier alpha value is -1.68. The number of halogens is 1. The standard InChI is InChI=1S/C16H18FNOS/c1-11(15-9-6-13(19-2)10-16(15)17)18-12-4-7-14(20-3)8-5-12/h4-11,18H,1-3H3. The molecule has 0 fully saturated rings. The van der Waals surface area contributed by atoms with Crippen molar-refractivity contribution >= 4 is 17.4 Å². The van der Waals surface area contributed by atoms with Crippen LogP contribution in [0.1, 0.15) is 18.5 Å². The molecule has 0 heterocycles. The highest BCUT2D eigenvalue weighted by Crippen LogP contribution is 2.25. The first kappa shape index (κ1) is 14.7. The number of anilines is 1. The maximum atomic E-state index is 14.0. The molecule has 2 nitrogen and oxygen atoms in total. The fraction of sp³-hybridized carbons (Fsp3) is 0.250. The highest BCUT2D eigenvalue weighted by molar-refractivity contribution is 7.98. The molecule has 2 aromatic rings. The summed E-state index contributed by atoms with van der Waals surface area (Å²) in [4.78, 5) is 1.21. The molecule has 0 aliphatic carbocycles. The van der Waals surface area contributed by atoms with Crippen molar-refractivity contribution < 1.29 is 9.13 Å². The Morgan fingerprint density at radius 1 is 1.15 bits per heavy atom. The monoisotopic (exact) mass is 291 g/mol. The summed E-state index contributed by atoms with van der Waals surface area (Å²) in [6.45, 7) is 1.94. The minimum atomic E-state index is -0.259. The Balaban J connectivity index is 2.12. The normalized spacial score (nSPS) is 12.0. The molecule has 20 heavy (non-hydrogen) atoms. The quantitative estimate of drug-likeness (QED) is 0.805. The molecule has 2 rings (SSSR count). The second-order valence-corrected chi connectivity index (χ2v) is 5.36. The molecule has 106 valence electrons. The van der Waals surface area contributed by atoms with E-state index >= 15 is 0 Å². The van der Waals surface area contributed by atoms with E-state index in [0.29, 0.717) is 11.3 Å². The predicted octanol–water partition coefficient (Wildman–Crippen LogP) is 4.73. The Labute approximate surface area is 123 Å². The van der Waals surface area contributed by atoms with Crippen molar-refractivity contribution in [2.75, 3.05) is 18.7 Å². The van der Waals surface area contributed by atoms with Crippen LogP contribution in [0, 0.1) is 5.82 Å². The first-order chi connectivity index (χ1) is 9.63. The number of hydrogen-bond donors (Lipinski definition) is 1. The van der Waals surface area contributed by atoms with Crippen molar-refractivity contribution in [1.29, 1.82) is 0 Å². The van der Waals surface area contributed by atoms with Crippen LogP contribution < -0.4 is 10.1 Å². The van der Waals surface area contributed by atoms with Gasteiger partial charge in [-0.15, -0.1) is 11.8 Å². The van der Waals surface area contributed by atoms with E-state index in [9.17, 15) is 4.39 Å². The molecule has 1 N–H and O–H groups in total. The number of rotatable bonds is 5. The minimum absolute atomic E-state index is 0.110. The average molecular weight is 291 g/mol. The lowest BCUT2D eigenvalue weighted by Gasteiger charge is -2.17.